The summed E-state index contributed by atoms with van der Waals surface area (Å²) in [7, 11) is 0. The van der Waals surface area contributed by atoms with E-state index in [2.05, 4.69) is 42.4 Å². The SMILES string of the molecule is CC(C)CN1CC2CCC(C1)N2C(=O)[C@@H]1CCN(C(C)C)C1. The minimum Gasteiger partial charge on any atom is -0.334 e. The van der Waals surface area contributed by atoms with Gasteiger partial charge in [-0.1, -0.05) is 13.8 Å². The van der Waals surface area contributed by atoms with Crippen LogP contribution < -0.4 is 0 Å². The van der Waals surface area contributed by atoms with Gasteiger partial charge in [0, 0.05) is 44.3 Å². The van der Waals surface area contributed by atoms with Gasteiger partial charge in [0.1, 0.15) is 0 Å². The Kier molecular flexibility index (Phi) is 4.79. The fraction of sp³-hybridized carbons (Fsp3) is 0.944. The molecule has 0 saturated carbocycles. The molecule has 22 heavy (non-hydrogen) atoms. The average molecular weight is 307 g/mol. The molecule has 4 heteroatoms. The van der Waals surface area contributed by atoms with Crippen molar-refractivity contribution in [1.82, 2.24) is 14.7 Å². The molecular formula is C18H33N3O. The van der Waals surface area contributed by atoms with Crippen molar-refractivity contribution in [2.75, 3.05) is 32.7 Å². The molecule has 3 aliphatic rings. The second-order valence-corrected chi connectivity index (χ2v) is 8.32. The molecule has 1 amide bonds. The van der Waals surface area contributed by atoms with Crippen LogP contribution in [0, 0.1) is 11.8 Å². The number of likely N-dealkylation sites (tertiary alicyclic amines) is 2. The van der Waals surface area contributed by atoms with E-state index in [4.69, 9.17) is 0 Å². The maximum absolute atomic E-state index is 13.0. The predicted molar refractivity (Wildman–Crippen MR) is 89.8 cm³/mol. The van der Waals surface area contributed by atoms with Gasteiger partial charge in [0.25, 0.3) is 0 Å². The number of carbonyl (C=O) groups excluding carboxylic acids is 1. The highest BCUT2D eigenvalue weighted by Crippen LogP contribution is 2.33. The van der Waals surface area contributed by atoms with E-state index in [9.17, 15) is 4.79 Å². The van der Waals surface area contributed by atoms with Crippen molar-refractivity contribution in [3.63, 3.8) is 0 Å². The van der Waals surface area contributed by atoms with Crippen LogP contribution in [0.5, 0.6) is 0 Å². The summed E-state index contributed by atoms with van der Waals surface area (Å²) in [5, 5.41) is 0. The summed E-state index contributed by atoms with van der Waals surface area (Å²) < 4.78 is 0. The smallest absolute Gasteiger partial charge is 0.227 e. The van der Waals surface area contributed by atoms with E-state index in [1.807, 2.05) is 0 Å². The minimum atomic E-state index is 0.252. The zero-order chi connectivity index (χ0) is 15.9. The Labute approximate surface area is 135 Å². The molecule has 3 saturated heterocycles. The van der Waals surface area contributed by atoms with Crippen LogP contribution in [0.4, 0.5) is 0 Å². The van der Waals surface area contributed by atoms with E-state index in [0.29, 0.717) is 24.0 Å². The molecule has 0 radical (unpaired) electrons. The van der Waals surface area contributed by atoms with Crippen LogP contribution in [0.15, 0.2) is 0 Å². The Hall–Kier alpha value is -0.610. The molecule has 2 unspecified atom stereocenters. The van der Waals surface area contributed by atoms with E-state index in [1.165, 1.54) is 19.4 Å². The topological polar surface area (TPSA) is 26.8 Å². The standard InChI is InChI=1S/C18H33N3O/c1-13(2)9-19-11-16-5-6-17(12-19)21(16)18(22)15-7-8-20(10-15)14(3)4/h13-17H,5-12H2,1-4H3/t15-,16?,17?/m1/s1. The van der Waals surface area contributed by atoms with Crippen LogP contribution in [0.3, 0.4) is 0 Å². The molecule has 0 spiro atoms. The molecule has 126 valence electrons. The van der Waals surface area contributed by atoms with E-state index in [-0.39, 0.29) is 5.92 Å². The maximum Gasteiger partial charge on any atom is 0.227 e. The first-order valence-electron chi connectivity index (χ1n) is 9.24. The number of nitrogens with zero attached hydrogens (tertiary/aromatic N) is 3. The van der Waals surface area contributed by atoms with Gasteiger partial charge in [0.2, 0.25) is 5.91 Å². The molecule has 4 nitrogen and oxygen atoms in total. The zero-order valence-corrected chi connectivity index (χ0v) is 14.8. The van der Waals surface area contributed by atoms with Gasteiger partial charge in [0.15, 0.2) is 0 Å². The third-order valence-electron chi connectivity index (χ3n) is 5.73. The van der Waals surface area contributed by atoms with Crippen LogP contribution >= 0.6 is 0 Å². The monoisotopic (exact) mass is 307 g/mol. The van der Waals surface area contributed by atoms with Crippen LogP contribution in [0.2, 0.25) is 0 Å². The minimum absolute atomic E-state index is 0.252. The van der Waals surface area contributed by atoms with Crippen LogP contribution in [0.25, 0.3) is 0 Å². The molecule has 2 bridgehead atoms. The number of fused-ring (bicyclic) bond motifs is 2. The van der Waals surface area contributed by atoms with E-state index < -0.39 is 0 Å². The zero-order valence-electron chi connectivity index (χ0n) is 14.8. The normalized spacial score (nSPS) is 33.4. The van der Waals surface area contributed by atoms with Crippen molar-refractivity contribution < 1.29 is 4.79 Å². The van der Waals surface area contributed by atoms with Crippen molar-refractivity contribution in [2.45, 2.75) is 65.1 Å². The van der Waals surface area contributed by atoms with Gasteiger partial charge in [-0.2, -0.15) is 0 Å². The number of rotatable bonds is 4. The Morgan fingerprint density at radius 1 is 1.00 bits per heavy atom. The Balaban J connectivity index is 1.61. The summed E-state index contributed by atoms with van der Waals surface area (Å²) >= 11 is 0. The summed E-state index contributed by atoms with van der Waals surface area (Å²) in [5.74, 6) is 1.43. The van der Waals surface area contributed by atoms with Gasteiger partial charge in [-0.25, -0.2) is 0 Å². The quantitative estimate of drug-likeness (QED) is 0.795. The summed E-state index contributed by atoms with van der Waals surface area (Å²) in [5.41, 5.74) is 0. The van der Waals surface area contributed by atoms with Gasteiger partial charge >= 0.3 is 0 Å². The van der Waals surface area contributed by atoms with E-state index in [1.54, 1.807) is 0 Å². The predicted octanol–water partition coefficient (Wildman–Crippen LogP) is 2.05. The molecule has 3 atom stereocenters. The largest absolute Gasteiger partial charge is 0.334 e. The Bertz CT molecular complexity index is 395. The molecule has 0 N–H and O–H groups in total. The van der Waals surface area contributed by atoms with Gasteiger partial charge in [-0.05, 0) is 45.6 Å². The van der Waals surface area contributed by atoms with Crippen molar-refractivity contribution in [3.8, 4) is 0 Å². The lowest BCUT2D eigenvalue weighted by atomic mass is 10.0. The molecule has 3 rings (SSSR count). The van der Waals surface area contributed by atoms with Gasteiger partial charge < -0.3 is 9.80 Å². The average Bonchev–Trinajstić information content (AvgIpc) is 3.02. The fourth-order valence-electron chi connectivity index (χ4n) is 4.68. The van der Waals surface area contributed by atoms with E-state index >= 15 is 0 Å². The summed E-state index contributed by atoms with van der Waals surface area (Å²) in [4.78, 5) is 20.4. The second-order valence-electron chi connectivity index (χ2n) is 8.32. The lowest BCUT2D eigenvalue weighted by Gasteiger charge is -2.42. The maximum atomic E-state index is 13.0. The van der Waals surface area contributed by atoms with E-state index in [0.717, 1.165) is 38.5 Å². The molecule has 3 fully saturated rings. The van der Waals surface area contributed by atoms with Gasteiger partial charge in [0.05, 0.1) is 5.92 Å². The number of piperazine rings is 1. The lowest BCUT2D eigenvalue weighted by molar-refractivity contribution is -0.141. The lowest BCUT2D eigenvalue weighted by Crippen LogP contribution is -2.57. The summed E-state index contributed by atoms with van der Waals surface area (Å²) in [6, 6.07) is 1.54. The third-order valence-corrected chi connectivity index (χ3v) is 5.73. The molecule has 0 aliphatic carbocycles. The first kappa shape index (κ1) is 16.3. The van der Waals surface area contributed by atoms with Crippen molar-refractivity contribution in [2.24, 2.45) is 11.8 Å². The number of hydrogen-bond donors (Lipinski definition) is 0. The number of amides is 1. The third kappa shape index (κ3) is 3.18. The number of carbonyl (C=O) groups is 1. The highest BCUT2D eigenvalue weighted by molar-refractivity contribution is 5.80. The fourth-order valence-corrected chi connectivity index (χ4v) is 4.68. The van der Waals surface area contributed by atoms with Gasteiger partial charge in [-0.3, -0.25) is 9.69 Å². The van der Waals surface area contributed by atoms with Crippen molar-refractivity contribution in [3.05, 3.63) is 0 Å². The molecular weight excluding hydrogens is 274 g/mol. The first-order valence-corrected chi connectivity index (χ1v) is 9.24. The summed E-state index contributed by atoms with van der Waals surface area (Å²) in [6.07, 6.45) is 3.49. The first-order chi connectivity index (χ1) is 10.5. The molecule has 3 heterocycles. The molecule has 0 aromatic carbocycles. The van der Waals surface area contributed by atoms with Crippen LogP contribution in [-0.2, 0) is 4.79 Å². The number of hydrogen-bond acceptors (Lipinski definition) is 3. The molecule has 0 aromatic heterocycles. The molecule has 0 aromatic rings. The van der Waals surface area contributed by atoms with Crippen LogP contribution in [-0.4, -0.2) is 71.5 Å². The second kappa shape index (κ2) is 6.48. The summed E-state index contributed by atoms with van der Waals surface area (Å²) in [6.45, 7) is 14.5. The Morgan fingerprint density at radius 3 is 2.14 bits per heavy atom. The highest BCUT2D eigenvalue weighted by atomic mass is 16.2. The van der Waals surface area contributed by atoms with Crippen molar-refractivity contribution >= 4 is 5.91 Å². The van der Waals surface area contributed by atoms with Crippen molar-refractivity contribution in [1.29, 1.82) is 0 Å². The van der Waals surface area contributed by atoms with Gasteiger partial charge in [-0.15, -0.1) is 0 Å². The molecule has 3 aliphatic heterocycles. The van der Waals surface area contributed by atoms with Crippen LogP contribution in [0.1, 0.15) is 47.0 Å². The Morgan fingerprint density at radius 2 is 1.64 bits per heavy atom. The highest BCUT2D eigenvalue weighted by Gasteiger charge is 2.45.